The summed E-state index contributed by atoms with van der Waals surface area (Å²) >= 11 is 0. The monoisotopic (exact) mass is 358 g/mol. The van der Waals surface area contributed by atoms with Gasteiger partial charge in [-0.1, -0.05) is 0 Å². The zero-order chi connectivity index (χ0) is 18.8. The van der Waals surface area contributed by atoms with Gasteiger partial charge in [-0.3, -0.25) is 25.7 Å². The number of rotatable bonds is 5. The second-order valence-electron chi connectivity index (χ2n) is 4.70. The Kier molecular flexibility index (Phi) is 4.72. The highest BCUT2D eigenvalue weighted by Gasteiger charge is 2.39. The maximum Gasteiger partial charge on any atom is 0.438 e. The van der Waals surface area contributed by atoms with Gasteiger partial charge in [-0.2, -0.15) is 18.3 Å². The molecule has 0 spiro atoms. The second-order valence-corrected chi connectivity index (χ2v) is 4.70. The van der Waals surface area contributed by atoms with Gasteiger partial charge in [0.05, 0.1) is 15.9 Å². The number of furan rings is 1. The van der Waals surface area contributed by atoms with Crippen LogP contribution in [0.4, 0.5) is 30.2 Å². The lowest BCUT2D eigenvalue weighted by atomic mass is 10.2. The molecule has 0 unspecified atom stereocenters. The Morgan fingerprint density at radius 1 is 1.16 bits per heavy atom. The fraction of sp³-hybridized carbons (Fsp3) is 0.154. The van der Waals surface area contributed by atoms with Crippen LogP contribution in [0.2, 0.25) is 0 Å². The van der Waals surface area contributed by atoms with Crippen LogP contribution in [0, 0.1) is 27.2 Å². The van der Waals surface area contributed by atoms with Crippen molar-refractivity contribution in [1.29, 1.82) is 0 Å². The van der Waals surface area contributed by atoms with Crippen LogP contribution in [-0.4, -0.2) is 21.7 Å². The number of hydrazone groups is 1. The van der Waals surface area contributed by atoms with Gasteiger partial charge >= 0.3 is 11.9 Å². The van der Waals surface area contributed by atoms with Crippen molar-refractivity contribution < 1.29 is 27.4 Å². The molecule has 0 saturated carbocycles. The summed E-state index contributed by atoms with van der Waals surface area (Å²) in [4.78, 5) is 19.8. The van der Waals surface area contributed by atoms with Crippen molar-refractivity contribution in [3.8, 4) is 0 Å². The summed E-state index contributed by atoms with van der Waals surface area (Å²) in [5, 5.41) is 24.8. The topological polar surface area (TPSA) is 124 Å². The van der Waals surface area contributed by atoms with E-state index in [-0.39, 0.29) is 5.76 Å². The van der Waals surface area contributed by atoms with E-state index < -0.39 is 44.6 Å². The lowest BCUT2D eigenvalue weighted by Crippen LogP contribution is -2.24. The minimum absolute atomic E-state index is 0.216. The first kappa shape index (κ1) is 17.9. The molecule has 1 heterocycles. The number of nitro groups is 2. The number of hydrogen-bond acceptors (Lipinski definition) is 7. The van der Waals surface area contributed by atoms with Crippen LogP contribution in [0.5, 0.6) is 0 Å². The molecule has 0 aliphatic rings. The number of nitrogens with zero attached hydrogens (tertiary/aromatic N) is 3. The SMILES string of the molecule is Cc1ccc(/C(=N/Nc2ccc([N+](=O)[O-])cc2[N+](=O)[O-])C(F)(F)F)o1. The summed E-state index contributed by atoms with van der Waals surface area (Å²) in [6.45, 7) is 1.44. The van der Waals surface area contributed by atoms with Gasteiger partial charge in [-0.25, -0.2) is 0 Å². The summed E-state index contributed by atoms with van der Waals surface area (Å²) in [6.07, 6.45) is -4.90. The lowest BCUT2D eigenvalue weighted by Gasteiger charge is -2.09. The van der Waals surface area contributed by atoms with E-state index in [9.17, 15) is 33.4 Å². The van der Waals surface area contributed by atoms with E-state index in [2.05, 4.69) is 5.10 Å². The van der Waals surface area contributed by atoms with Crippen LogP contribution in [0.3, 0.4) is 0 Å². The minimum Gasteiger partial charge on any atom is -0.460 e. The van der Waals surface area contributed by atoms with Crippen LogP contribution in [-0.2, 0) is 0 Å². The van der Waals surface area contributed by atoms with E-state index in [1.807, 2.05) is 5.43 Å². The summed E-state index contributed by atoms with van der Waals surface area (Å²) in [7, 11) is 0. The molecular formula is C13H9F3N4O5. The van der Waals surface area contributed by atoms with E-state index in [1.54, 1.807) is 0 Å². The van der Waals surface area contributed by atoms with E-state index in [4.69, 9.17) is 4.42 Å². The van der Waals surface area contributed by atoms with Gasteiger partial charge in [0.2, 0.25) is 5.71 Å². The zero-order valence-corrected chi connectivity index (χ0v) is 12.4. The highest BCUT2D eigenvalue weighted by molar-refractivity contribution is 6.02. The van der Waals surface area contributed by atoms with E-state index >= 15 is 0 Å². The average Bonchev–Trinajstić information content (AvgIpc) is 2.92. The average molecular weight is 358 g/mol. The van der Waals surface area contributed by atoms with Crippen LogP contribution in [0.25, 0.3) is 0 Å². The number of non-ortho nitro benzene ring substituents is 1. The molecule has 0 radical (unpaired) electrons. The molecule has 0 atom stereocenters. The Morgan fingerprint density at radius 3 is 2.32 bits per heavy atom. The third-order valence-electron chi connectivity index (χ3n) is 2.92. The molecule has 2 rings (SSSR count). The molecule has 9 nitrogen and oxygen atoms in total. The van der Waals surface area contributed by atoms with Crippen LogP contribution in [0.1, 0.15) is 11.5 Å². The third kappa shape index (κ3) is 4.10. The first-order valence-electron chi connectivity index (χ1n) is 6.50. The second kappa shape index (κ2) is 6.59. The zero-order valence-electron chi connectivity index (χ0n) is 12.4. The maximum absolute atomic E-state index is 13.1. The molecule has 0 aliphatic heterocycles. The van der Waals surface area contributed by atoms with Crippen LogP contribution < -0.4 is 5.43 Å². The third-order valence-corrected chi connectivity index (χ3v) is 2.92. The number of anilines is 1. The lowest BCUT2D eigenvalue weighted by molar-refractivity contribution is -0.393. The van der Waals surface area contributed by atoms with Gasteiger partial charge in [-0.05, 0) is 25.1 Å². The Bertz CT molecular complexity index is 860. The normalized spacial score (nSPS) is 12.1. The number of halogens is 3. The summed E-state index contributed by atoms with van der Waals surface area (Å²) in [5.74, 6) is -0.365. The molecular weight excluding hydrogens is 349 g/mol. The predicted octanol–water partition coefficient (Wildman–Crippen LogP) is 3.78. The number of nitro benzene ring substituents is 2. The molecule has 0 bridgehead atoms. The number of hydrogen-bond donors (Lipinski definition) is 1. The van der Waals surface area contributed by atoms with Crippen LogP contribution in [0.15, 0.2) is 39.9 Å². The van der Waals surface area contributed by atoms with Crippen molar-refractivity contribution >= 4 is 22.8 Å². The summed E-state index contributed by atoms with van der Waals surface area (Å²) in [5.41, 5.74) is -1.34. The predicted molar refractivity (Wildman–Crippen MR) is 79.4 cm³/mol. The quantitative estimate of drug-likeness (QED) is 0.493. The van der Waals surface area contributed by atoms with Gasteiger partial charge in [0.25, 0.3) is 5.69 Å². The summed E-state index contributed by atoms with van der Waals surface area (Å²) < 4.78 is 44.2. The highest BCUT2D eigenvalue weighted by atomic mass is 19.4. The smallest absolute Gasteiger partial charge is 0.438 e. The molecule has 12 heteroatoms. The van der Waals surface area contributed by atoms with Gasteiger partial charge in [0.1, 0.15) is 11.4 Å². The Hall–Kier alpha value is -3.44. The first-order valence-corrected chi connectivity index (χ1v) is 6.50. The molecule has 0 amide bonds. The maximum atomic E-state index is 13.1. The van der Waals surface area contributed by atoms with Gasteiger partial charge in [-0.15, -0.1) is 0 Å². The minimum atomic E-state index is -4.90. The largest absolute Gasteiger partial charge is 0.460 e. The molecule has 0 fully saturated rings. The van der Waals surface area contributed by atoms with Gasteiger partial charge in [0.15, 0.2) is 5.76 Å². The Labute approximate surface area is 137 Å². The number of alkyl halides is 3. The fourth-order valence-electron chi connectivity index (χ4n) is 1.82. The molecule has 25 heavy (non-hydrogen) atoms. The molecule has 0 aliphatic carbocycles. The summed E-state index contributed by atoms with van der Waals surface area (Å²) in [6, 6.07) is 4.75. The Morgan fingerprint density at radius 2 is 1.84 bits per heavy atom. The van der Waals surface area contributed by atoms with Crippen molar-refractivity contribution in [1.82, 2.24) is 0 Å². The van der Waals surface area contributed by atoms with Crippen molar-refractivity contribution in [3.63, 3.8) is 0 Å². The van der Waals surface area contributed by atoms with Crippen molar-refractivity contribution in [2.24, 2.45) is 5.10 Å². The molecule has 1 N–H and O–H groups in total. The van der Waals surface area contributed by atoms with Gasteiger partial charge in [0, 0.05) is 6.07 Å². The van der Waals surface area contributed by atoms with E-state index in [0.29, 0.717) is 6.07 Å². The van der Waals surface area contributed by atoms with Crippen LogP contribution >= 0.6 is 0 Å². The molecule has 1 aromatic carbocycles. The van der Waals surface area contributed by atoms with E-state index in [1.165, 1.54) is 13.0 Å². The number of aryl methyl sites for hydroxylation is 1. The standard InChI is InChI=1S/C13H9F3N4O5/c1-7-2-5-11(25-7)12(13(14,15)16)18-17-9-4-3-8(19(21)22)6-10(9)20(23)24/h2-6,17H,1H3/b18-12-. The molecule has 0 saturated heterocycles. The highest BCUT2D eigenvalue weighted by Crippen LogP contribution is 2.30. The molecule has 1 aromatic heterocycles. The number of benzene rings is 1. The first-order chi connectivity index (χ1) is 11.6. The fourth-order valence-corrected chi connectivity index (χ4v) is 1.82. The molecule has 2 aromatic rings. The van der Waals surface area contributed by atoms with Gasteiger partial charge < -0.3 is 4.42 Å². The van der Waals surface area contributed by atoms with Crippen molar-refractivity contribution in [3.05, 3.63) is 62.1 Å². The van der Waals surface area contributed by atoms with Crippen molar-refractivity contribution in [2.45, 2.75) is 13.1 Å². The van der Waals surface area contributed by atoms with E-state index in [0.717, 1.165) is 18.2 Å². The van der Waals surface area contributed by atoms with Crippen molar-refractivity contribution in [2.75, 3.05) is 5.43 Å². The number of nitrogens with one attached hydrogen (secondary N) is 1. The Balaban J connectivity index is 2.44. The molecule has 132 valence electrons.